The van der Waals surface area contributed by atoms with Gasteiger partial charge in [0.15, 0.2) is 0 Å². The third-order valence-corrected chi connectivity index (χ3v) is 6.33. The second kappa shape index (κ2) is 10.9. The lowest BCUT2D eigenvalue weighted by atomic mass is 9.96. The van der Waals surface area contributed by atoms with Crippen molar-refractivity contribution in [3.63, 3.8) is 0 Å². The van der Waals surface area contributed by atoms with Gasteiger partial charge in [0.25, 0.3) is 12.3 Å². The predicted molar refractivity (Wildman–Crippen MR) is 128 cm³/mol. The number of amides is 1. The number of pyridine rings is 1. The zero-order chi connectivity index (χ0) is 30.8. The molecule has 0 saturated heterocycles. The molecular weight excluding hydrogens is 478 g/mol. The van der Waals surface area contributed by atoms with E-state index in [1.54, 1.807) is 0 Å². The Bertz CT molecular complexity index is 1510. The Kier molecular flexibility index (Phi) is 5.89. The smallest absolute Gasteiger partial charge is 0.280 e. The van der Waals surface area contributed by atoms with E-state index in [-0.39, 0.29) is 33.6 Å². The van der Waals surface area contributed by atoms with E-state index in [2.05, 4.69) is 4.98 Å². The van der Waals surface area contributed by atoms with Crippen LogP contribution in [0, 0.1) is 6.85 Å². The van der Waals surface area contributed by atoms with Gasteiger partial charge in [0, 0.05) is 22.3 Å². The van der Waals surface area contributed by atoms with Crippen molar-refractivity contribution in [2.45, 2.75) is 32.1 Å². The Morgan fingerprint density at radius 3 is 2.51 bits per heavy atom. The van der Waals surface area contributed by atoms with Crippen LogP contribution in [0.3, 0.4) is 0 Å². The van der Waals surface area contributed by atoms with Gasteiger partial charge < -0.3 is 9.47 Å². The van der Waals surface area contributed by atoms with Gasteiger partial charge in [-0.15, -0.1) is 0 Å². The minimum Gasteiger partial charge on any atom is -0.494 e. The molecule has 1 atom stereocenters. The monoisotopic (exact) mass is 510 g/mol. The third-order valence-electron chi connectivity index (χ3n) is 5.12. The van der Waals surface area contributed by atoms with Crippen molar-refractivity contribution in [2.24, 2.45) is 0 Å². The zero-order valence-electron chi connectivity index (χ0n) is 24.7. The van der Waals surface area contributed by atoms with Crippen molar-refractivity contribution >= 4 is 15.9 Å². The first-order valence-electron chi connectivity index (χ1n) is 13.2. The molecule has 1 amide bonds. The number of methoxy groups -OCH3 is 2. The number of carbonyl (C=O) groups excluding carboxylic acids is 1. The summed E-state index contributed by atoms with van der Waals surface area (Å²) < 4.78 is 109. The third kappa shape index (κ3) is 6.40. The summed E-state index contributed by atoms with van der Waals surface area (Å²) in [5.41, 5.74) is -0.680. The fourth-order valence-corrected chi connectivity index (χ4v) is 4.42. The van der Waals surface area contributed by atoms with Gasteiger partial charge in [-0.25, -0.2) is 21.9 Å². The second-order valence-electron chi connectivity index (χ2n) is 7.56. The molecule has 3 rings (SSSR count). The number of hydrogen-bond acceptors (Lipinski definition) is 6. The maximum atomic E-state index is 13.4. The van der Waals surface area contributed by atoms with E-state index in [1.165, 1.54) is 38.3 Å². The Hall–Kier alpha value is -3.37. The normalized spacial score (nSPS) is 15.7. The SMILES string of the molecule is [2H]C([2H])([2H])O[C@@H](C)c1ccc(CS(=O)(=O)NC(=O)c2ccc(C([2H])([2H])[2H])cc2-c2cc(C(F)F)ncc2OC)cc1. The van der Waals surface area contributed by atoms with E-state index in [0.717, 1.165) is 30.5 Å². The molecule has 0 aliphatic carbocycles. The molecule has 35 heavy (non-hydrogen) atoms. The maximum Gasteiger partial charge on any atom is 0.280 e. The summed E-state index contributed by atoms with van der Waals surface area (Å²) in [7, 11) is -5.71. The number of sulfonamides is 1. The van der Waals surface area contributed by atoms with Crippen LogP contribution in [-0.2, 0) is 20.5 Å². The van der Waals surface area contributed by atoms with E-state index >= 15 is 0 Å². The fraction of sp³-hybridized carbons (Fsp3) is 0.280. The number of halogens is 2. The van der Waals surface area contributed by atoms with Gasteiger partial charge in [0.05, 0.1) is 29.3 Å². The van der Waals surface area contributed by atoms with Gasteiger partial charge in [-0.1, -0.05) is 42.0 Å². The van der Waals surface area contributed by atoms with Crippen LogP contribution in [0.5, 0.6) is 5.75 Å². The first-order chi connectivity index (χ1) is 18.9. The van der Waals surface area contributed by atoms with Crippen molar-refractivity contribution in [3.05, 3.63) is 82.7 Å². The lowest BCUT2D eigenvalue weighted by Gasteiger charge is -2.15. The number of alkyl halides is 2. The number of benzene rings is 2. The molecule has 0 radical (unpaired) electrons. The van der Waals surface area contributed by atoms with Gasteiger partial charge in [-0.3, -0.25) is 9.78 Å². The highest BCUT2D eigenvalue weighted by atomic mass is 32.2. The van der Waals surface area contributed by atoms with Gasteiger partial charge >= 0.3 is 0 Å². The molecule has 7 nitrogen and oxygen atoms in total. The van der Waals surface area contributed by atoms with Crippen LogP contribution in [0.4, 0.5) is 8.78 Å². The summed E-state index contributed by atoms with van der Waals surface area (Å²) in [6.45, 7) is -1.10. The Morgan fingerprint density at radius 2 is 1.89 bits per heavy atom. The second-order valence-corrected chi connectivity index (χ2v) is 9.28. The highest BCUT2D eigenvalue weighted by molar-refractivity contribution is 7.89. The van der Waals surface area contributed by atoms with Crippen LogP contribution >= 0.6 is 0 Å². The molecule has 0 spiro atoms. The molecule has 0 unspecified atom stereocenters. The molecule has 1 aromatic heterocycles. The van der Waals surface area contributed by atoms with E-state index in [0.29, 0.717) is 5.56 Å². The van der Waals surface area contributed by atoms with E-state index in [1.807, 2.05) is 4.72 Å². The molecule has 3 aromatic rings. The number of hydrogen-bond donors (Lipinski definition) is 1. The predicted octanol–water partition coefficient (Wildman–Crippen LogP) is 4.97. The van der Waals surface area contributed by atoms with Gasteiger partial charge in [-0.2, -0.15) is 0 Å². The van der Waals surface area contributed by atoms with Crippen molar-refractivity contribution in [1.82, 2.24) is 9.71 Å². The molecule has 186 valence electrons. The maximum absolute atomic E-state index is 13.4. The molecule has 0 aliphatic rings. The van der Waals surface area contributed by atoms with Crippen molar-refractivity contribution in [3.8, 4) is 16.9 Å². The largest absolute Gasteiger partial charge is 0.494 e. The number of carbonyl (C=O) groups is 1. The summed E-state index contributed by atoms with van der Waals surface area (Å²) in [6, 6.07) is 10.1. The number of nitrogens with zero attached hydrogens (tertiary/aromatic N) is 1. The summed E-state index contributed by atoms with van der Waals surface area (Å²) in [6.07, 6.45) is -2.79. The molecule has 0 fully saturated rings. The molecule has 10 heteroatoms. The highest BCUT2D eigenvalue weighted by Gasteiger charge is 2.23. The Morgan fingerprint density at radius 1 is 1.14 bits per heavy atom. The van der Waals surface area contributed by atoms with Crippen LogP contribution in [0.1, 0.15) is 60.4 Å². The summed E-state index contributed by atoms with van der Waals surface area (Å²) in [4.78, 5) is 16.8. The topological polar surface area (TPSA) is 94.6 Å². The molecular formula is C25H26F2N2O5S. The first kappa shape index (κ1) is 18.9. The lowest BCUT2D eigenvalue weighted by molar-refractivity contribution is 0.0982. The average molecular weight is 511 g/mol. The first-order valence-corrected chi connectivity index (χ1v) is 11.8. The van der Waals surface area contributed by atoms with Crippen LogP contribution < -0.4 is 9.46 Å². The Labute approximate surface area is 211 Å². The number of nitrogens with one attached hydrogen (secondary N) is 1. The van der Waals surface area contributed by atoms with Gasteiger partial charge in [-0.05, 0) is 42.6 Å². The summed E-state index contributed by atoms with van der Waals surface area (Å²) >= 11 is 0. The standard InChI is InChI=1S/C25H26F2N2O5S/c1-15-5-10-19(20(11-15)21-12-22(24(26)27)28-13-23(21)34-4)25(30)29-35(31,32)14-17-6-8-18(9-7-17)16(2)33-3/h5-13,16,24H,14H2,1-4H3,(H,29,30)/t16-/m0/s1/i1D3,3D3. The van der Waals surface area contributed by atoms with Crippen LogP contribution in [0.15, 0.2) is 54.7 Å². The van der Waals surface area contributed by atoms with E-state index in [9.17, 15) is 22.0 Å². The van der Waals surface area contributed by atoms with Crippen molar-refractivity contribution in [1.29, 1.82) is 0 Å². The molecule has 0 aliphatic heterocycles. The van der Waals surface area contributed by atoms with Gasteiger partial charge in [0.1, 0.15) is 11.4 Å². The highest BCUT2D eigenvalue weighted by Crippen LogP contribution is 2.35. The quantitative estimate of drug-likeness (QED) is 0.437. The van der Waals surface area contributed by atoms with Crippen LogP contribution in [0.2, 0.25) is 0 Å². The summed E-state index contributed by atoms with van der Waals surface area (Å²) in [5.74, 6) is -1.82. The zero-order valence-corrected chi connectivity index (χ0v) is 19.5. The molecule has 0 bridgehead atoms. The Balaban J connectivity index is 1.94. The number of ether oxygens (including phenoxy) is 2. The van der Waals surface area contributed by atoms with Crippen LogP contribution in [-0.4, -0.2) is 33.5 Å². The fourth-order valence-electron chi connectivity index (χ4n) is 3.32. The summed E-state index contributed by atoms with van der Waals surface area (Å²) in [5, 5.41) is 0. The van der Waals surface area contributed by atoms with E-state index in [4.69, 9.17) is 17.7 Å². The van der Waals surface area contributed by atoms with E-state index < -0.39 is 53.8 Å². The van der Waals surface area contributed by atoms with Crippen LogP contribution in [0.25, 0.3) is 11.1 Å². The van der Waals surface area contributed by atoms with Crippen molar-refractivity contribution in [2.75, 3.05) is 14.1 Å². The minimum absolute atomic E-state index is 0.0502. The molecule has 0 saturated carbocycles. The molecule has 1 N–H and O–H groups in total. The van der Waals surface area contributed by atoms with Gasteiger partial charge in [0.2, 0.25) is 10.0 Å². The lowest BCUT2D eigenvalue weighted by Crippen LogP contribution is -2.32. The minimum atomic E-state index is -4.31. The average Bonchev–Trinajstić information content (AvgIpc) is 2.86. The molecule has 1 heterocycles. The number of rotatable bonds is 9. The number of aromatic nitrogens is 1. The van der Waals surface area contributed by atoms with Crippen molar-refractivity contribution < 1.29 is 39.7 Å². The molecule has 2 aromatic carbocycles. The number of aryl methyl sites for hydroxylation is 1.